The van der Waals surface area contributed by atoms with Crippen molar-refractivity contribution in [2.24, 2.45) is 0 Å². The van der Waals surface area contributed by atoms with Gasteiger partial charge in [-0.3, -0.25) is 38.5 Å². The summed E-state index contributed by atoms with van der Waals surface area (Å²) in [5.41, 5.74) is 1.33. The number of carbonyl (C=O) groups is 9. The van der Waals surface area contributed by atoms with Crippen molar-refractivity contribution >= 4 is 93.9 Å². The van der Waals surface area contributed by atoms with Crippen LogP contribution in [0.3, 0.4) is 0 Å². The van der Waals surface area contributed by atoms with Gasteiger partial charge >= 0.3 is 12.1 Å². The second-order valence-electron chi connectivity index (χ2n) is 15.6. The third-order valence-electron chi connectivity index (χ3n) is 11.3. The molecule has 1 aromatic rings. The lowest BCUT2D eigenvalue weighted by molar-refractivity contribution is -0.138. The van der Waals surface area contributed by atoms with Gasteiger partial charge in [0.25, 0.3) is 11.8 Å². The Balaban J connectivity index is 0.774. The number of fused-ring (bicyclic) bond motifs is 1. The first kappa shape index (κ1) is 46.5. The van der Waals surface area contributed by atoms with E-state index in [2.05, 4.69) is 37.2 Å². The van der Waals surface area contributed by atoms with E-state index < -0.39 is 17.8 Å². The molecule has 5 aliphatic heterocycles. The Hall–Kier alpha value is -5.97. The molecule has 21 nitrogen and oxygen atoms in total. The molecule has 0 unspecified atom stereocenters. The van der Waals surface area contributed by atoms with Gasteiger partial charge in [0, 0.05) is 106 Å². The first-order chi connectivity index (χ1) is 30.3. The summed E-state index contributed by atoms with van der Waals surface area (Å²) in [4.78, 5) is 118. The van der Waals surface area contributed by atoms with Crippen LogP contribution in [-0.4, -0.2) is 185 Å². The van der Waals surface area contributed by atoms with Crippen LogP contribution in [0.4, 0.5) is 21.0 Å². The number of urea groups is 2. The molecule has 7 N–H and O–H groups in total. The smallest absolute Gasteiger partial charge is 0.317 e. The van der Waals surface area contributed by atoms with Crippen molar-refractivity contribution in [3.05, 3.63) is 36.4 Å². The number of piperazine rings is 2. The van der Waals surface area contributed by atoms with E-state index in [-0.39, 0.29) is 118 Å². The molecular weight excluding hydrogens is 857 g/mol. The molecule has 63 heavy (non-hydrogen) atoms. The highest BCUT2D eigenvalue weighted by molar-refractivity contribution is 8.00. The van der Waals surface area contributed by atoms with Crippen LogP contribution in [-0.2, 0) is 33.6 Å². The van der Waals surface area contributed by atoms with Gasteiger partial charge in [-0.1, -0.05) is 6.42 Å². The van der Waals surface area contributed by atoms with Crippen LogP contribution in [0.25, 0.3) is 0 Å². The second kappa shape index (κ2) is 22.4. The van der Waals surface area contributed by atoms with E-state index in [4.69, 9.17) is 12.2 Å². The zero-order valence-corrected chi connectivity index (χ0v) is 36.5. The van der Waals surface area contributed by atoms with E-state index in [0.29, 0.717) is 49.2 Å². The fourth-order valence-corrected chi connectivity index (χ4v) is 9.47. The minimum Gasteiger partial charge on any atom is -0.353 e. The summed E-state index contributed by atoms with van der Waals surface area (Å²) in [6, 6.07) is 6.90. The highest BCUT2D eigenvalue weighted by atomic mass is 32.2. The molecule has 0 saturated carbocycles. The first-order valence-corrected chi connectivity index (χ1v) is 22.6. The largest absolute Gasteiger partial charge is 0.353 e. The quantitative estimate of drug-likeness (QED) is 0.0429. The lowest BCUT2D eigenvalue weighted by Gasteiger charge is -2.36. The maximum Gasteiger partial charge on any atom is 0.317 e. The van der Waals surface area contributed by atoms with Crippen molar-refractivity contribution in [1.29, 1.82) is 0 Å². The minimum absolute atomic E-state index is 0.0466. The maximum atomic E-state index is 12.9. The maximum absolute atomic E-state index is 12.9. The number of carbonyl (C=O) groups excluding carboxylic acids is 9. The fourth-order valence-electron chi connectivity index (χ4n) is 7.74. The molecular formula is C40H54N12O9S2. The molecule has 0 aromatic heterocycles. The van der Waals surface area contributed by atoms with Gasteiger partial charge in [-0.2, -0.15) is 11.8 Å². The van der Waals surface area contributed by atoms with Crippen molar-refractivity contribution in [3.8, 4) is 0 Å². The van der Waals surface area contributed by atoms with E-state index in [1.165, 1.54) is 22.0 Å². The third-order valence-corrected chi connectivity index (χ3v) is 13.1. The first-order valence-electron chi connectivity index (χ1n) is 21.1. The molecule has 0 radical (unpaired) electrons. The van der Waals surface area contributed by atoms with Gasteiger partial charge in [-0.15, -0.1) is 0 Å². The number of thioether (sulfide) groups is 1. The standard InChI is InChI=1S/C40H54N12O9S2/c53-30(6-3-13-52-32(55)11-12-33(52)56)41-22-34(57)50-18-20-51(21-19-50)40(61)43-24-36(59)49-16-14-48(15-17-49)35(58)23-42-39(62)45-27-9-7-26(8-10-27)44-31(54)5-2-1-4-29-37-28(25-63-29)46-38(60)47-37/h7-12,28-29,37H,1-6,13-25H2,(H,41,53)(H,43,61)(H,44,54)(H2,42,45,62)(H2,46,47,60)/t28-,29-,37-/m0/s1. The summed E-state index contributed by atoms with van der Waals surface area (Å²) in [5.74, 6) is -1.13. The van der Waals surface area contributed by atoms with E-state index in [1.807, 2.05) is 11.8 Å². The van der Waals surface area contributed by atoms with Gasteiger partial charge in [-0.25, -0.2) is 9.59 Å². The molecule has 6 rings (SSSR count). The summed E-state index contributed by atoms with van der Waals surface area (Å²) in [7, 11) is 0. The zero-order chi connectivity index (χ0) is 44.9. The Bertz CT molecular complexity index is 1940. The van der Waals surface area contributed by atoms with Crippen molar-refractivity contribution in [1.82, 2.24) is 51.1 Å². The number of benzene rings is 1. The molecule has 23 heteroatoms. The monoisotopic (exact) mass is 910 g/mol. The number of hydrogen-bond donors (Lipinski definition) is 7. The molecule has 3 atom stereocenters. The van der Waals surface area contributed by atoms with E-state index in [0.717, 1.165) is 29.9 Å². The minimum atomic E-state index is -0.434. The second-order valence-corrected chi connectivity index (χ2v) is 17.3. The number of nitrogens with one attached hydrogen (secondary N) is 7. The van der Waals surface area contributed by atoms with Crippen LogP contribution in [0, 0.1) is 0 Å². The lowest BCUT2D eigenvalue weighted by Crippen LogP contribution is -2.56. The Morgan fingerprint density at radius 3 is 1.76 bits per heavy atom. The molecule has 11 amide bonds. The third kappa shape index (κ3) is 13.5. The van der Waals surface area contributed by atoms with E-state index in [1.54, 1.807) is 34.1 Å². The van der Waals surface area contributed by atoms with Crippen LogP contribution < -0.4 is 37.2 Å². The Kier molecular flexibility index (Phi) is 16.5. The van der Waals surface area contributed by atoms with Crippen molar-refractivity contribution in [2.45, 2.75) is 55.9 Å². The summed E-state index contributed by atoms with van der Waals surface area (Å²) in [6.45, 7) is 1.89. The predicted molar refractivity (Wildman–Crippen MR) is 236 cm³/mol. The highest BCUT2D eigenvalue weighted by Gasteiger charge is 2.42. The number of hydrogen-bond acceptors (Lipinski definition) is 11. The number of rotatable bonds is 17. The molecule has 4 fully saturated rings. The SMILES string of the molecule is O=C(CCCN1C(=O)C=CC1=O)NCC(=O)N1CCN(C(=O)NCC(=O)N2CCN(C(=O)CNC(=S)Nc3ccc(NC(=O)CCCC[C@@H]4SC[C@@H]5NC(=O)N[C@@H]54)cc3)CC2)CC1. The number of amides is 11. The average Bonchev–Trinajstić information content (AvgIpc) is 3.95. The topological polar surface area (TPSA) is 254 Å². The van der Waals surface area contributed by atoms with Gasteiger partial charge in [0.05, 0.1) is 31.7 Å². The molecule has 4 saturated heterocycles. The van der Waals surface area contributed by atoms with E-state index in [9.17, 15) is 43.2 Å². The summed E-state index contributed by atoms with van der Waals surface area (Å²) < 4.78 is 0. The molecule has 5 aliphatic rings. The Labute approximate surface area is 374 Å². The molecule has 0 spiro atoms. The van der Waals surface area contributed by atoms with Gasteiger partial charge in [-0.05, 0) is 55.7 Å². The van der Waals surface area contributed by atoms with Crippen molar-refractivity contribution in [3.63, 3.8) is 0 Å². The molecule has 0 bridgehead atoms. The lowest BCUT2D eigenvalue weighted by atomic mass is 10.0. The van der Waals surface area contributed by atoms with Crippen LogP contribution in [0.5, 0.6) is 0 Å². The number of nitrogens with zero attached hydrogens (tertiary/aromatic N) is 5. The van der Waals surface area contributed by atoms with E-state index >= 15 is 0 Å². The normalized spacial score (nSPS) is 20.5. The molecule has 1 aromatic carbocycles. The molecule has 5 heterocycles. The zero-order valence-electron chi connectivity index (χ0n) is 34.9. The number of imide groups is 1. The highest BCUT2D eigenvalue weighted by Crippen LogP contribution is 2.33. The number of unbranched alkanes of at least 4 members (excludes halogenated alkanes) is 1. The van der Waals surface area contributed by atoms with Crippen LogP contribution in [0.1, 0.15) is 38.5 Å². The Morgan fingerprint density at radius 2 is 1.16 bits per heavy atom. The van der Waals surface area contributed by atoms with Gasteiger partial charge in [0.1, 0.15) is 0 Å². The van der Waals surface area contributed by atoms with Crippen molar-refractivity contribution in [2.75, 3.05) is 94.9 Å². The van der Waals surface area contributed by atoms with Crippen LogP contribution in [0.2, 0.25) is 0 Å². The summed E-state index contributed by atoms with van der Waals surface area (Å²) in [6.07, 6.45) is 5.69. The fraction of sp³-hybridized carbons (Fsp3) is 0.550. The van der Waals surface area contributed by atoms with Gasteiger partial charge in [0.15, 0.2) is 5.11 Å². The number of thiocarbonyl (C=S) groups is 1. The van der Waals surface area contributed by atoms with Gasteiger partial charge in [0.2, 0.25) is 29.5 Å². The van der Waals surface area contributed by atoms with Crippen molar-refractivity contribution < 1.29 is 43.2 Å². The predicted octanol–water partition coefficient (Wildman–Crippen LogP) is -1.02. The van der Waals surface area contributed by atoms with Gasteiger partial charge < -0.3 is 56.8 Å². The summed E-state index contributed by atoms with van der Waals surface area (Å²) in [5, 5.41) is 20.6. The molecule has 0 aliphatic carbocycles. The van der Waals surface area contributed by atoms with Crippen LogP contribution in [0.15, 0.2) is 36.4 Å². The number of anilines is 2. The average molecular weight is 911 g/mol. The molecule has 340 valence electrons. The summed E-state index contributed by atoms with van der Waals surface area (Å²) >= 11 is 7.24. The Morgan fingerprint density at radius 1 is 0.635 bits per heavy atom. The van der Waals surface area contributed by atoms with Crippen LogP contribution >= 0.6 is 24.0 Å².